The molecule has 0 aliphatic heterocycles. The summed E-state index contributed by atoms with van der Waals surface area (Å²) in [6, 6.07) is 3.86. The Bertz CT molecular complexity index is 343. The number of halogens is 1. The van der Waals surface area contributed by atoms with Crippen LogP contribution < -0.4 is 4.74 Å². The molecule has 0 fully saturated rings. The van der Waals surface area contributed by atoms with Crippen molar-refractivity contribution < 1.29 is 24.1 Å². The highest BCUT2D eigenvalue weighted by Crippen LogP contribution is 2.19. The number of hydrogen-bond acceptors (Lipinski definition) is 4. The first-order chi connectivity index (χ1) is 8.17. The van der Waals surface area contributed by atoms with Crippen molar-refractivity contribution in [2.24, 2.45) is 0 Å². The molecule has 0 saturated heterocycles. The topological polar surface area (TPSA) is 58.9 Å². The number of benzene rings is 1. The van der Waals surface area contributed by atoms with Crippen LogP contribution in [-0.4, -0.2) is 36.1 Å². The summed E-state index contributed by atoms with van der Waals surface area (Å²) in [5.41, 5.74) is 0.355. The summed E-state index contributed by atoms with van der Waals surface area (Å²) in [4.78, 5) is 0. The van der Waals surface area contributed by atoms with Crippen molar-refractivity contribution in [3.05, 3.63) is 29.6 Å². The summed E-state index contributed by atoms with van der Waals surface area (Å²) in [6.45, 7) is 2.27. The number of aliphatic hydroxyl groups is 2. The first-order valence-electron chi connectivity index (χ1n) is 5.45. The van der Waals surface area contributed by atoms with Crippen molar-refractivity contribution in [2.75, 3.05) is 19.8 Å². The van der Waals surface area contributed by atoms with Gasteiger partial charge in [0.25, 0.3) is 0 Å². The Morgan fingerprint density at radius 2 is 2.12 bits per heavy atom. The highest BCUT2D eigenvalue weighted by molar-refractivity contribution is 5.33. The SMILES string of the molecule is CCOCC(O)COc1ccc(F)cc1CO. The Kier molecular flexibility index (Phi) is 5.90. The van der Waals surface area contributed by atoms with Crippen LogP contribution >= 0.6 is 0 Å². The van der Waals surface area contributed by atoms with E-state index < -0.39 is 11.9 Å². The Morgan fingerprint density at radius 1 is 1.35 bits per heavy atom. The molecule has 1 atom stereocenters. The van der Waals surface area contributed by atoms with Crippen LogP contribution in [0.2, 0.25) is 0 Å². The molecule has 0 aromatic heterocycles. The smallest absolute Gasteiger partial charge is 0.125 e. The predicted molar refractivity (Wildman–Crippen MR) is 60.3 cm³/mol. The lowest BCUT2D eigenvalue weighted by molar-refractivity contribution is 0.0160. The molecule has 1 aromatic carbocycles. The Labute approximate surface area is 99.6 Å². The van der Waals surface area contributed by atoms with Gasteiger partial charge in [0.05, 0.1) is 13.2 Å². The van der Waals surface area contributed by atoms with Crippen molar-refractivity contribution in [3.8, 4) is 5.75 Å². The molecular formula is C12H17FO4. The van der Waals surface area contributed by atoms with Crippen LogP contribution in [0.15, 0.2) is 18.2 Å². The zero-order chi connectivity index (χ0) is 12.7. The number of rotatable bonds is 7. The minimum absolute atomic E-state index is 0.0403. The van der Waals surface area contributed by atoms with Crippen molar-refractivity contribution >= 4 is 0 Å². The molecule has 0 amide bonds. The molecule has 1 rings (SSSR count). The molecule has 0 aliphatic carbocycles. The lowest BCUT2D eigenvalue weighted by atomic mass is 10.2. The summed E-state index contributed by atoms with van der Waals surface area (Å²) >= 11 is 0. The summed E-state index contributed by atoms with van der Waals surface area (Å²) < 4.78 is 23.2. The van der Waals surface area contributed by atoms with Crippen molar-refractivity contribution in [1.29, 1.82) is 0 Å². The summed E-state index contributed by atoms with van der Waals surface area (Å²) in [6.07, 6.45) is -0.744. The van der Waals surface area contributed by atoms with Crippen LogP contribution in [0.5, 0.6) is 5.75 Å². The third-order valence-corrected chi connectivity index (χ3v) is 2.14. The van der Waals surface area contributed by atoms with Crippen LogP contribution in [0.4, 0.5) is 4.39 Å². The number of aliphatic hydroxyl groups excluding tert-OH is 2. The van der Waals surface area contributed by atoms with E-state index in [1.54, 1.807) is 0 Å². The van der Waals surface area contributed by atoms with Crippen molar-refractivity contribution in [1.82, 2.24) is 0 Å². The van der Waals surface area contributed by atoms with Gasteiger partial charge in [0.2, 0.25) is 0 Å². The second kappa shape index (κ2) is 7.21. The average Bonchev–Trinajstić information content (AvgIpc) is 2.34. The quantitative estimate of drug-likeness (QED) is 0.754. The highest BCUT2D eigenvalue weighted by atomic mass is 19.1. The number of ether oxygens (including phenoxy) is 2. The maximum absolute atomic E-state index is 12.9. The minimum Gasteiger partial charge on any atom is -0.490 e. The van der Waals surface area contributed by atoms with E-state index in [4.69, 9.17) is 14.6 Å². The van der Waals surface area contributed by atoms with E-state index in [0.29, 0.717) is 17.9 Å². The molecule has 1 unspecified atom stereocenters. The fraction of sp³-hybridized carbons (Fsp3) is 0.500. The van der Waals surface area contributed by atoms with E-state index in [1.165, 1.54) is 18.2 Å². The van der Waals surface area contributed by atoms with Crippen LogP contribution in [0, 0.1) is 5.82 Å². The van der Waals surface area contributed by atoms with Crippen molar-refractivity contribution in [3.63, 3.8) is 0 Å². The van der Waals surface area contributed by atoms with E-state index >= 15 is 0 Å². The molecule has 0 bridgehead atoms. The first kappa shape index (κ1) is 13.9. The minimum atomic E-state index is -0.744. The summed E-state index contributed by atoms with van der Waals surface area (Å²) in [5, 5.41) is 18.5. The molecule has 96 valence electrons. The van der Waals surface area contributed by atoms with Crippen LogP contribution in [0.25, 0.3) is 0 Å². The predicted octanol–water partition coefficient (Wildman–Crippen LogP) is 1.09. The van der Waals surface area contributed by atoms with Crippen LogP contribution in [0.1, 0.15) is 12.5 Å². The van der Waals surface area contributed by atoms with Gasteiger partial charge in [0.15, 0.2) is 0 Å². The maximum Gasteiger partial charge on any atom is 0.125 e. The Hall–Kier alpha value is -1.17. The zero-order valence-corrected chi connectivity index (χ0v) is 9.73. The first-order valence-corrected chi connectivity index (χ1v) is 5.45. The maximum atomic E-state index is 12.9. The summed E-state index contributed by atoms with van der Waals surface area (Å²) in [7, 11) is 0. The number of hydrogen-bond donors (Lipinski definition) is 2. The van der Waals surface area contributed by atoms with E-state index in [9.17, 15) is 9.50 Å². The molecular weight excluding hydrogens is 227 g/mol. The Morgan fingerprint density at radius 3 is 2.76 bits per heavy atom. The lowest BCUT2D eigenvalue weighted by Gasteiger charge is -2.14. The van der Waals surface area contributed by atoms with E-state index in [0.717, 1.165) is 0 Å². The lowest BCUT2D eigenvalue weighted by Crippen LogP contribution is -2.23. The monoisotopic (exact) mass is 244 g/mol. The molecule has 2 N–H and O–H groups in total. The highest BCUT2D eigenvalue weighted by Gasteiger charge is 2.08. The van der Waals surface area contributed by atoms with E-state index in [2.05, 4.69) is 0 Å². The second-order valence-electron chi connectivity index (χ2n) is 3.53. The molecule has 0 spiro atoms. The van der Waals surface area contributed by atoms with Gasteiger partial charge in [0, 0.05) is 12.2 Å². The average molecular weight is 244 g/mol. The van der Waals surface area contributed by atoms with Gasteiger partial charge < -0.3 is 19.7 Å². The molecule has 17 heavy (non-hydrogen) atoms. The molecule has 0 radical (unpaired) electrons. The van der Waals surface area contributed by atoms with Gasteiger partial charge in [-0.1, -0.05) is 0 Å². The molecule has 0 saturated carbocycles. The normalized spacial score (nSPS) is 12.5. The second-order valence-corrected chi connectivity index (χ2v) is 3.53. The molecule has 4 nitrogen and oxygen atoms in total. The fourth-order valence-electron chi connectivity index (χ4n) is 1.30. The van der Waals surface area contributed by atoms with Gasteiger partial charge >= 0.3 is 0 Å². The van der Waals surface area contributed by atoms with Crippen molar-refractivity contribution in [2.45, 2.75) is 19.6 Å². The van der Waals surface area contributed by atoms with Gasteiger partial charge in [0.1, 0.15) is 24.3 Å². The third-order valence-electron chi connectivity index (χ3n) is 2.14. The molecule has 0 aliphatic rings. The molecule has 5 heteroatoms. The van der Waals surface area contributed by atoms with Crippen LogP contribution in [-0.2, 0) is 11.3 Å². The van der Waals surface area contributed by atoms with Gasteiger partial charge in [-0.05, 0) is 25.1 Å². The van der Waals surface area contributed by atoms with Gasteiger partial charge in [-0.15, -0.1) is 0 Å². The van der Waals surface area contributed by atoms with E-state index in [-0.39, 0.29) is 19.8 Å². The van der Waals surface area contributed by atoms with Gasteiger partial charge in [-0.3, -0.25) is 0 Å². The standard InChI is InChI=1S/C12H17FO4/c1-2-16-7-11(15)8-17-12-4-3-10(13)5-9(12)6-14/h3-5,11,14-15H,2,6-8H2,1H3. The van der Waals surface area contributed by atoms with Gasteiger partial charge in [-0.25, -0.2) is 4.39 Å². The third kappa shape index (κ3) is 4.68. The molecule has 1 aromatic rings. The molecule has 0 heterocycles. The summed E-state index contributed by atoms with van der Waals surface area (Å²) in [5.74, 6) is -0.0688. The van der Waals surface area contributed by atoms with E-state index in [1.807, 2.05) is 6.92 Å². The largest absolute Gasteiger partial charge is 0.490 e. The van der Waals surface area contributed by atoms with Gasteiger partial charge in [-0.2, -0.15) is 0 Å². The van der Waals surface area contributed by atoms with Crippen LogP contribution in [0.3, 0.4) is 0 Å². The Balaban J connectivity index is 2.50. The zero-order valence-electron chi connectivity index (χ0n) is 9.73. The fourth-order valence-corrected chi connectivity index (χ4v) is 1.30.